The highest BCUT2D eigenvalue weighted by molar-refractivity contribution is 7.89. The summed E-state index contributed by atoms with van der Waals surface area (Å²) in [6, 6.07) is 8.44. The minimum atomic E-state index is -3.82. The number of pyridine rings is 1. The number of anilines is 2. The van der Waals surface area contributed by atoms with Gasteiger partial charge in [-0.3, -0.25) is 4.98 Å². The molecular formula is C11H10ClN3O2S. The molecule has 0 saturated carbocycles. The topological polar surface area (TPSA) is 85.1 Å². The summed E-state index contributed by atoms with van der Waals surface area (Å²) in [4.78, 5) is 3.68. The summed E-state index contributed by atoms with van der Waals surface area (Å²) >= 11 is 5.85. The second-order valence-corrected chi connectivity index (χ2v) is 5.52. The van der Waals surface area contributed by atoms with Crippen LogP contribution in [0.15, 0.2) is 47.6 Å². The van der Waals surface area contributed by atoms with Crippen LogP contribution < -0.4 is 10.5 Å². The van der Waals surface area contributed by atoms with Gasteiger partial charge in [-0.25, -0.2) is 13.6 Å². The molecule has 94 valence electrons. The van der Waals surface area contributed by atoms with Gasteiger partial charge in [0.1, 0.15) is 4.90 Å². The van der Waals surface area contributed by atoms with E-state index in [9.17, 15) is 8.42 Å². The third-order valence-electron chi connectivity index (χ3n) is 2.19. The lowest BCUT2D eigenvalue weighted by Gasteiger charge is -2.10. The Bertz CT molecular complexity index is 673. The Morgan fingerprint density at radius 2 is 2.06 bits per heavy atom. The summed E-state index contributed by atoms with van der Waals surface area (Å²) in [5.41, 5.74) is 1.02. The van der Waals surface area contributed by atoms with Crippen molar-refractivity contribution in [2.45, 2.75) is 4.90 Å². The molecule has 7 heteroatoms. The van der Waals surface area contributed by atoms with Gasteiger partial charge in [0.15, 0.2) is 0 Å². The number of nitrogens with two attached hydrogens (primary N) is 1. The zero-order chi connectivity index (χ0) is 13.2. The fourth-order valence-electron chi connectivity index (χ4n) is 1.43. The van der Waals surface area contributed by atoms with Crippen molar-refractivity contribution in [2.75, 3.05) is 5.32 Å². The van der Waals surface area contributed by atoms with Crippen LogP contribution >= 0.6 is 11.6 Å². The minimum Gasteiger partial charge on any atom is -0.354 e. The van der Waals surface area contributed by atoms with Crippen LogP contribution in [0.3, 0.4) is 0 Å². The highest BCUT2D eigenvalue weighted by Crippen LogP contribution is 2.24. The first-order chi connectivity index (χ1) is 8.47. The molecule has 3 N–H and O–H groups in total. The SMILES string of the molecule is NS(=O)(=O)c1cnccc1Nc1cccc(Cl)c1. The summed E-state index contributed by atoms with van der Waals surface area (Å²) in [5.74, 6) is 0. The molecule has 0 amide bonds. The van der Waals surface area contributed by atoms with Crippen molar-refractivity contribution in [3.8, 4) is 0 Å². The van der Waals surface area contributed by atoms with Crippen LogP contribution in [0.2, 0.25) is 5.02 Å². The van der Waals surface area contributed by atoms with E-state index in [1.807, 2.05) is 0 Å². The highest BCUT2D eigenvalue weighted by atomic mass is 35.5. The van der Waals surface area contributed by atoms with Crippen molar-refractivity contribution in [2.24, 2.45) is 5.14 Å². The smallest absolute Gasteiger partial charge is 0.241 e. The third kappa shape index (κ3) is 2.98. The van der Waals surface area contributed by atoms with Gasteiger partial charge in [0, 0.05) is 23.1 Å². The summed E-state index contributed by atoms with van der Waals surface area (Å²) in [6.07, 6.45) is 2.67. The minimum absolute atomic E-state index is 0.0648. The molecule has 18 heavy (non-hydrogen) atoms. The number of aromatic nitrogens is 1. The lowest BCUT2D eigenvalue weighted by atomic mass is 10.3. The number of hydrogen-bond donors (Lipinski definition) is 2. The number of nitrogens with one attached hydrogen (secondary N) is 1. The Kier molecular flexibility index (Phi) is 3.51. The van der Waals surface area contributed by atoms with Gasteiger partial charge in [0.2, 0.25) is 10.0 Å². The van der Waals surface area contributed by atoms with Gasteiger partial charge in [0.05, 0.1) is 5.69 Å². The van der Waals surface area contributed by atoms with Crippen molar-refractivity contribution in [3.63, 3.8) is 0 Å². The number of rotatable bonds is 3. The number of halogens is 1. The normalized spacial score (nSPS) is 11.2. The Morgan fingerprint density at radius 3 is 2.72 bits per heavy atom. The van der Waals surface area contributed by atoms with Crippen LogP contribution in [-0.4, -0.2) is 13.4 Å². The molecule has 1 aromatic heterocycles. The largest absolute Gasteiger partial charge is 0.354 e. The maximum Gasteiger partial charge on any atom is 0.241 e. The summed E-state index contributed by atoms with van der Waals surface area (Å²) in [5, 5.41) is 8.59. The second-order valence-electron chi connectivity index (χ2n) is 3.55. The van der Waals surface area contributed by atoms with E-state index >= 15 is 0 Å². The number of sulfonamides is 1. The molecular weight excluding hydrogens is 274 g/mol. The maximum absolute atomic E-state index is 11.4. The lowest BCUT2D eigenvalue weighted by molar-refractivity contribution is 0.598. The van der Waals surface area contributed by atoms with Gasteiger partial charge in [-0.15, -0.1) is 0 Å². The average Bonchev–Trinajstić information content (AvgIpc) is 2.28. The van der Waals surface area contributed by atoms with Crippen molar-refractivity contribution in [1.29, 1.82) is 0 Å². The van der Waals surface area contributed by atoms with Crippen molar-refractivity contribution in [3.05, 3.63) is 47.7 Å². The van der Waals surface area contributed by atoms with Gasteiger partial charge in [-0.2, -0.15) is 0 Å². The standard InChI is InChI=1S/C11H10ClN3O2S/c12-8-2-1-3-9(6-8)15-10-4-5-14-7-11(10)18(13,16)17/h1-7H,(H,14,15)(H2,13,16,17). The van der Waals surface area contributed by atoms with E-state index in [0.29, 0.717) is 16.4 Å². The Balaban J connectivity index is 2.41. The van der Waals surface area contributed by atoms with Crippen LogP contribution in [0.1, 0.15) is 0 Å². The number of hydrogen-bond acceptors (Lipinski definition) is 4. The van der Waals surface area contributed by atoms with E-state index in [-0.39, 0.29) is 4.90 Å². The molecule has 0 spiro atoms. The molecule has 0 fully saturated rings. The second kappa shape index (κ2) is 4.93. The Labute approximate surface area is 110 Å². The monoisotopic (exact) mass is 283 g/mol. The summed E-state index contributed by atoms with van der Waals surface area (Å²) in [7, 11) is -3.82. The molecule has 0 aliphatic heterocycles. The van der Waals surface area contributed by atoms with E-state index in [2.05, 4.69) is 10.3 Å². The van der Waals surface area contributed by atoms with Crippen LogP contribution in [0.4, 0.5) is 11.4 Å². The fourth-order valence-corrected chi connectivity index (χ4v) is 2.26. The molecule has 1 aromatic carbocycles. The van der Waals surface area contributed by atoms with Crippen LogP contribution in [-0.2, 0) is 10.0 Å². The summed E-state index contributed by atoms with van der Waals surface area (Å²) < 4.78 is 22.8. The molecule has 2 aromatic rings. The van der Waals surface area contributed by atoms with Crippen LogP contribution in [0.25, 0.3) is 0 Å². The molecule has 2 rings (SSSR count). The van der Waals surface area contributed by atoms with E-state index in [0.717, 1.165) is 0 Å². The van der Waals surface area contributed by atoms with Gasteiger partial charge < -0.3 is 5.32 Å². The predicted octanol–water partition coefficient (Wildman–Crippen LogP) is 2.13. The first kappa shape index (κ1) is 12.8. The van der Waals surface area contributed by atoms with Crippen molar-refractivity contribution >= 4 is 33.0 Å². The Morgan fingerprint density at radius 1 is 1.28 bits per heavy atom. The number of nitrogens with zero attached hydrogens (tertiary/aromatic N) is 1. The number of benzene rings is 1. The molecule has 0 bridgehead atoms. The number of primary sulfonamides is 1. The molecule has 0 radical (unpaired) electrons. The highest BCUT2D eigenvalue weighted by Gasteiger charge is 2.13. The van der Waals surface area contributed by atoms with E-state index in [1.165, 1.54) is 18.5 Å². The molecule has 0 saturated heterocycles. The van der Waals surface area contributed by atoms with E-state index in [4.69, 9.17) is 16.7 Å². The zero-order valence-electron chi connectivity index (χ0n) is 9.17. The third-order valence-corrected chi connectivity index (χ3v) is 3.37. The van der Waals surface area contributed by atoms with Crippen LogP contribution in [0.5, 0.6) is 0 Å². The quantitative estimate of drug-likeness (QED) is 0.903. The van der Waals surface area contributed by atoms with Gasteiger partial charge >= 0.3 is 0 Å². The summed E-state index contributed by atoms with van der Waals surface area (Å²) in [6.45, 7) is 0. The first-order valence-corrected chi connectivity index (χ1v) is 6.88. The zero-order valence-corrected chi connectivity index (χ0v) is 10.7. The molecule has 5 nitrogen and oxygen atoms in total. The first-order valence-electron chi connectivity index (χ1n) is 4.96. The van der Waals surface area contributed by atoms with Crippen molar-refractivity contribution in [1.82, 2.24) is 4.98 Å². The maximum atomic E-state index is 11.4. The average molecular weight is 284 g/mol. The van der Waals surface area contributed by atoms with Gasteiger partial charge in [0.25, 0.3) is 0 Å². The lowest BCUT2D eigenvalue weighted by Crippen LogP contribution is -2.14. The van der Waals surface area contributed by atoms with Gasteiger partial charge in [-0.1, -0.05) is 17.7 Å². The predicted molar refractivity (Wildman–Crippen MR) is 70.3 cm³/mol. The molecule has 0 aliphatic rings. The Hall–Kier alpha value is -1.63. The van der Waals surface area contributed by atoms with Gasteiger partial charge in [-0.05, 0) is 24.3 Å². The fraction of sp³-hybridized carbons (Fsp3) is 0. The van der Waals surface area contributed by atoms with E-state index < -0.39 is 10.0 Å². The molecule has 0 atom stereocenters. The molecule has 0 unspecified atom stereocenters. The van der Waals surface area contributed by atoms with Crippen LogP contribution in [0, 0.1) is 0 Å². The molecule has 1 heterocycles. The molecule has 0 aliphatic carbocycles. The van der Waals surface area contributed by atoms with Crippen molar-refractivity contribution < 1.29 is 8.42 Å². The van der Waals surface area contributed by atoms with E-state index in [1.54, 1.807) is 24.3 Å².